The third kappa shape index (κ3) is 3.38. The summed E-state index contributed by atoms with van der Waals surface area (Å²) in [5.74, 6) is -4.54. The van der Waals surface area contributed by atoms with Crippen LogP contribution in [0.2, 0.25) is 0 Å². The van der Waals surface area contributed by atoms with E-state index in [0.717, 1.165) is 0 Å². The van der Waals surface area contributed by atoms with E-state index in [0.29, 0.717) is 11.3 Å². The van der Waals surface area contributed by atoms with Crippen molar-refractivity contribution in [3.8, 4) is 5.75 Å². The lowest BCUT2D eigenvalue weighted by molar-refractivity contribution is -0.389. The number of methoxy groups -OCH3 is 1. The summed E-state index contributed by atoms with van der Waals surface area (Å²) in [6.07, 6.45) is -11.5. The van der Waals surface area contributed by atoms with E-state index in [9.17, 15) is 35.1 Å². The molecule has 3 unspecified atom stereocenters. The number of carbonyl (C=O) groups excluding carboxylic acids is 2. The minimum atomic E-state index is -2.28. The monoisotopic (exact) mass is 498 g/mol. The standard InChI is InChI=1S/C22H26O13/c1-30-10-4-2-9(3-5-10)11-6-14(25)34-21(11)20(29)33-18-12(24)8-31-22(18,21)35-19-17(28)16(27)15(26)13(7-23)32-19/h2-5,11-13,15-19,23-24,26-28H,6-8H2,1H3/t11-,12?,13-,15+,16-,17+,18?,19-,21-,22?/m1/s1. The van der Waals surface area contributed by atoms with Gasteiger partial charge in [0.25, 0.3) is 11.4 Å². The number of aliphatic hydroxyl groups is 5. The molecule has 4 aliphatic heterocycles. The van der Waals surface area contributed by atoms with E-state index in [1.165, 1.54) is 7.11 Å². The minimum Gasteiger partial charge on any atom is -0.497 e. The second kappa shape index (κ2) is 8.64. The van der Waals surface area contributed by atoms with Gasteiger partial charge in [0.2, 0.25) is 0 Å². The Morgan fingerprint density at radius 1 is 1.06 bits per heavy atom. The van der Waals surface area contributed by atoms with Crippen LogP contribution in [0.4, 0.5) is 0 Å². The molecule has 0 radical (unpaired) electrons. The summed E-state index contributed by atoms with van der Waals surface area (Å²) >= 11 is 0. The van der Waals surface area contributed by atoms with E-state index in [1.807, 2.05) is 0 Å². The van der Waals surface area contributed by atoms with Gasteiger partial charge in [0.15, 0.2) is 12.4 Å². The Bertz CT molecular complexity index is 982. The zero-order valence-electron chi connectivity index (χ0n) is 18.6. The first-order valence-electron chi connectivity index (χ1n) is 11.1. The molecule has 1 aromatic carbocycles. The lowest BCUT2D eigenvalue weighted by atomic mass is 9.75. The summed E-state index contributed by atoms with van der Waals surface area (Å²) < 4.78 is 33.4. The Kier molecular flexibility index (Phi) is 6.01. The van der Waals surface area contributed by atoms with Crippen LogP contribution in [0.5, 0.6) is 5.75 Å². The predicted octanol–water partition coefficient (Wildman–Crippen LogP) is -2.71. The molecule has 5 N–H and O–H groups in total. The Labute approximate surface area is 198 Å². The molecule has 1 spiro atoms. The van der Waals surface area contributed by atoms with Crippen LogP contribution in [0.15, 0.2) is 24.3 Å². The van der Waals surface area contributed by atoms with Crippen LogP contribution in [0.25, 0.3) is 0 Å². The van der Waals surface area contributed by atoms with Gasteiger partial charge in [-0.25, -0.2) is 4.79 Å². The Morgan fingerprint density at radius 2 is 1.77 bits per heavy atom. The van der Waals surface area contributed by atoms with Crippen molar-refractivity contribution in [2.24, 2.45) is 0 Å². The summed E-state index contributed by atoms with van der Waals surface area (Å²) in [4.78, 5) is 26.0. The third-order valence-electron chi connectivity index (χ3n) is 7.04. The maximum Gasteiger partial charge on any atom is 0.357 e. The second-order valence-corrected chi connectivity index (χ2v) is 8.93. The van der Waals surface area contributed by atoms with Gasteiger partial charge >= 0.3 is 11.9 Å². The van der Waals surface area contributed by atoms with Crippen LogP contribution in [-0.2, 0) is 33.3 Å². The van der Waals surface area contributed by atoms with Gasteiger partial charge in [0.05, 0.1) is 32.7 Å². The normalized spacial score (nSPS) is 44.9. The molecule has 0 amide bonds. The number of carbonyl (C=O) groups is 2. The summed E-state index contributed by atoms with van der Waals surface area (Å²) in [7, 11) is 1.48. The van der Waals surface area contributed by atoms with E-state index in [4.69, 9.17) is 28.4 Å². The molecule has 1 aromatic rings. The first kappa shape index (κ1) is 24.3. The van der Waals surface area contributed by atoms with E-state index in [-0.39, 0.29) is 13.0 Å². The van der Waals surface area contributed by atoms with E-state index >= 15 is 0 Å². The highest BCUT2D eigenvalue weighted by Gasteiger charge is 2.82. The molecule has 35 heavy (non-hydrogen) atoms. The predicted molar refractivity (Wildman–Crippen MR) is 109 cm³/mol. The van der Waals surface area contributed by atoms with Gasteiger partial charge in [0, 0.05) is 0 Å². The highest BCUT2D eigenvalue weighted by Crippen LogP contribution is 2.58. The van der Waals surface area contributed by atoms with Crippen molar-refractivity contribution in [3.63, 3.8) is 0 Å². The second-order valence-electron chi connectivity index (χ2n) is 8.93. The molecule has 13 heteroatoms. The maximum absolute atomic E-state index is 13.3. The summed E-state index contributed by atoms with van der Waals surface area (Å²) in [6, 6.07) is 6.50. The lowest BCUT2D eigenvalue weighted by Gasteiger charge is -2.45. The van der Waals surface area contributed by atoms with Crippen LogP contribution < -0.4 is 4.74 Å². The average molecular weight is 498 g/mol. The quantitative estimate of drug-likeness (QED) is 0.264. The molecular formula is C22H26O13. The smallest absolute Gasteiger partial charge is 0.357 e. The molecule has 4 saturated heterocycles. The van der Waals surface area contributed by atoms with Crippen molar-refractivity contribution < 1.29 is 63.5 Å². The molecule has 192 valence electrons. The molecule has 13 nitrogen and oxygen atoms in total. The van der Waals surface area contributed by atoms with Gasteiger partial charge < -0.3 is 54.0 Å². The molecule has 4 fully saturated rings. The highest BCUT2D eigenvalue weighted by atomic mass is 16.8. The summed E-state index contributed by atoms with van der Waals surface area (Å²) in [6.45, 7) is -1.10. The van der Waals surface area contributed by atoms with Gasteiger partial charge in [-0.15, -0.1) is 0 Å². The Morgan fingerprint density at radius 3 is 2.43 bits per heavy atom. The van der Waals surface area contributed by atoms with Gasteiger partial charge in [-0.2, -0.15) is 0 Å². The number of ether oxygens (including phenoxy) is 6. The van der Waals surface area contributed by atoms with Gasteiger partial charge in [-0.3, -0.25) is 4.79 Å². The molecule has 10 atom stereocenters. The molecule has 0 bridgehead atoms. The van der Waals surface area contributed by atoms with Crippen LogP contribution in [0, 0.1) is 0 Å². The largest absolute Gasteiger partial charge is 0.497 e. The molecule has 0 aliphatic carbocycles. The lowest BCUT2D eigenvalue weighted by Crippen LogP contribution is -2.67. The number of hydrogen-bond donors (Lipinski definition) is 5. The van der Waals surface area contributed by atoms with Crippen LogP contribution >= 0.6 is 0 Å². The average Bonchev–Trinajstić information content (AvgIpc) is 3.45. The van der Waals surface area contributed by atoms with Crippen molar-refractivity contribution in [2.75, 3.05) is 20.3 Å². The number of rotatable bonds is 5. The minimum absolute atomic E-state index is 0.257. The summed E-state index contributed by atoms with van der Waals surface area (Å²) in [5, 5.41) is 50.9. The maximum atomic E-state index is 13.3. The molecule has 4 aliphatic rings. The first-order valence-corrected chi connectivity index (χ1v) is 11.1. The van der Waals surface area contributed by atoms with E-state index in [2.05, 4.69) is 0 Å². The zero-order valence-corrected chi connectivity index (χ0v) is 18.6. The fourth-order valence-corrected chi connectivity index (χ4v) is 5.27. The van der Waals surface area contributed by atoms with Crippen molar-refractivity contribution in [3.05, 3.63) is 29.8 Å². The SMILES string of the molecule is COc1ccc([C@H]2CC(=O)O[C@@]23C(=O)OC2C(O)COC23O[C@H]2O[C@H](CO)[C@H](O)[C@@H](O)[C@@H]2O)cc1. The molecular weight excluding hydrogens is 472 g/mol. The van der Waals surface area contributed by atoms with Crippen molar-refractivity contribution in [2.45, 2.75) is 66.6 Å². The van der Waals surface area contributed by atoms with Gasteiger partial charge in [0.1, 0.15) is 36.3 Å². The zero-order chi connectivity index (χ0) is 25.1. The topological polar surface area (TPSA) is 191 Å². The van der Waals surface area contributed by atoms with Crippen molar-refractivity contribution in [1.82, 2.24) is 0 Å². The Hall–Kier alpha value is -2.36. The van der Waals surface area contributed by atoms with Gasteiger partial charge in [-0.1, -0.05) is 12.1 Å². The van der Waals surface area contributed by atoms with Crippen molar-refractivity contribution >= 4 is 11.9 Å². The fraction of sp³-hybridized carbons (Fsp3) is 0.636. The van der Waals surface area contributed by atoms with E-state index < -0.39 is 78.8 Å². The molecule has 4 heterocycles. The number of hydrogen-bond acceptors (Lipinski definition) is 13. The van der Waals surface area contributed by atoms with Gasteiger partial charge in [-0.05, 0) is 17.7 Å². The molecule has 0 saturated carbocycles. The first-order chi connectivity index (χ1) is 16.7. The van der Waals surface area contributed by atoms with Crippen LogP contribution in [0.1, 0.15) is 17.9 Å². The number of aliphatic hydroxyl groups excluding tert-OH is 5. The third-order valence-corrected chi connectivity index (χ3v) is 7.04. The summed E-state index contributed by atoms with van der Waals surface area (Å²) in [5.41, 5.74) is -1.75. The van der Waals surface area contributed by atoms with Crippen LogP contribution in [-0.4, -0.2) is 112 Å². The van der Waals surface area contributed by atoms with Crippen LogP contribution in [0.3, 0.4) is 0 Å². The highest BCUT2D eigenvalue weighted by molar-refractivity contribution is 5.92. The number of esters is 2. The molecule has 5 rings (SSSR count). The number of fused-ring (bicyclic) bond motifs is 2. The van der Waals surface area contributed by atoms with Crippen molar-refractivity contribution in [1.29, 1.82) is 0 Å². The van der Waals surface area contributed by atoms with E-state index in [1.54, 1.807) is 24.3 Å². The number of benzene rings is 1. The molecule has 0 aromatic heterocycles. The Balaban J connectivity index is 1.59. The fourth-order valence-electron chi connectivity index (χ4n) is 5.27.